The van der Waals surface area contributed by atoms with Gasteiger partial charge in [0.2, 0.25) is 21.8 Å². The van der Waals surface area contributed by atoms with Crippen LogP contribution >= 0.6 is 0 Å². The molecule has 3 N–H and O–H groups in total. The summed E-state index contributed by atoms with van der Waals surface area (Å²) in [6, 6.07) is 1.70. The molecular weight excluding hydrogens is 896 g/mol. The van der Waals surface area contributed by atoms with Gasteiger partial charge in [0.1, 0.15) is 38.8 Å². The Morgan fingerprint density at radius 3 is 2.48 bits per heavy atom. The second-order valence-corrected chi connectivity index (χ2v) is 23.4. The van der Waals surface area contributed by atoms with Gasteiger partial charge in [-0.15, -0.1) is 0 Å². The van der Waals surface area contributed by atoms with Gasteiger partial charge < -0.3 is 29.7 Å². The highest BCUT2D eigenvalue weighted by Gasteiger charge is 2.60. The van der Waals surface area contributed by atoms with E-state index in [2.05, 4.69) is 20.3 Å². The molecule has 358 valence electrons. The van der Waals surface area contributed by atoms with Crippen LogP contribution in [0.3, 0.4) is 0 Å². The fourth-order valence-corrected chi connectivity index (χ4v) is 11.1. The van der Waals surface area contributed by atoms with Crippen molar-refractivity contribution < 1.29 is 63.4 Å². The van der Waals surface area contributed by atoms with E-state index in [1.165, 1.54) is 30.0 Å². The molecule has 5 atom stereocenters. The molecule has 4 amide bonds. The fourth-order valence-electron chi connectivity index (χ4n) is 9.10. The van der Waals surface area contributed by atoms with Crippen molar-refractivity contribution in [3.05, 3.63) is 41.6 Å². The summed E-state index contributed by atoms with van der Waals surface area (Å²) in [5.41, 5.74) is -4.44. The van der Waals surface area contributed by atoms with Crippen LogP contribution in [0.1, 0.15) is 109 Å². The van der Waals surface area contributed by atoms with Crippen LogP contribution in [0.5, 0.6) is 11.5 Å². The molecule has 0 bridgehead atoms. The normalized spacial score (nSPS) is 27.0. The number of hydrogen-bond acceptors (Lipinski definition) is 12. The van der Waals surface area contributed by atoms with Crippen molar-refractivity contribution in [3.63, 3.8) is 0 Å². The number of pyridine rings is 1. The van der Waals surface area contributed by atoms with Gasteiger partial charge in [0, 0.05) is 29.5 Å². The molecule has 2 saturated carbocycles. The van der Waals surface area contributed by atoms with E-state index >= 15 is 0 Å². The van der Waals surface area contributed by atoms with Crippen molar-refractivity contribution >= 4 is 54.6 Å². The highest BCUT2D eigenvalue weighted by molar-refractivity contribution is 7.91. The minimum absolute atomic E-state index is 0.00954. The molecule has 21 heteroatoms. The van der Waals surface area contributed by atoms with E-state index < -0.39 is 95.2 Å². The molecular formula is C44H58F3N5O11S2. The van der Waals surface area contributed by atoms with E-state index in [1.807, 2.05) is 19.9 Å². The zero-order valence-corrected chi connectivity index (χ0v) is 38.7. The summed E-state index contributed by atoms with van der Waals surface area (Å²) >= 11 is 0. The van der Waals surface area contributed by atoms with Crippen molar-refractivity contribution in [1.29, 1.82) is 0 Å². The highest BCUT2D eigenvalue weighted by atomic mass is 32.2. The lowest BCUT2D eigenvalue weighted by Gasteiger charge is -2.48. The van der Waals surface area contributed by atoms with Crippen LogP contribution in [0.25, 0.3) is 10.9 Å². The van der Waals surface area contributed by atoms with Crippen LogP contribution < -0.4 is 24.8 Å². The SMILES string of the molecule is CC(C)COC(=O)NC1CCCCCC=CC2CCC2(C(=O)NS(=O)(=O)C2(C)CC2)NC(=O)C2CC3(CCc4c(c(C(F)(F)F)nc5ccc(OCCCS(C)(=O)=O)cc45)O3)CN2C1=O. The lowest BCUT2D eigenvalue weighted by Crippen LogP contribution is -2.70. The third kappa shape index (κ3) is 10.5. The minimum Gasteiger partial charge on any atom is -0.494 e. The van der Waals surface area contributed by atoms with Gasteiger partial charge in [-0.25, -0.2) is 26.6 Å². The predicted octanol–water partition coefficient (Wildman–Crippen LogP) is 5.27. The quantitative estimate of drug-likeness (QED) is 0.194. The first-order valence-corrected chi connectivity index (χ1v) is 25.8. The lowest BCUT2D eigenvalue weighted by molar-refractivity contribution is -0.145. The molecule has 16 nitrogen and oxygen atoms in total. The van der Waals surface area contributed by atoms with Crippen molar-refractivity contribution in [1.82, 2.24) is 25.2 Å². The summed E-state index contributed by atoms with van der Waals surface area (Å²) in [6.45, 7) is 4.92. The number of ether oxygens (including phenoxy) is 3. The zero-order chi connectivity index (χ0) is 47.2. The standard InChI is InChI=1S/C44H58F3N5O11S2/c1-27(2)25-62-40(56)49-33-12-9-7-5-6-8-11-28-15-18-43(28,39(55)51-65(59,60)41(3)19-20-41)50-37(53)34-24-42(26-52(34)38(33)54)17-16-30-31-23-29(61-21-10-22-64(4,57)58)13-14-32(31)48-36(35(30)63-42)44(45,46)47/h8,11,13-14,23,27-28,33-34H,5-7,9-10,12,15-22,24-26H2,1-4H3,(H,49,56)(H,50,53)(H,51,55). The number of aryl methyl sites for hydroxylation is 1. The summed E-state index contributed by atoms with van der Waals surface area (Å²) in [7, 11) is -7.38. The van der Waals surface area contributed by atoms with E-state index in [9.17, 15) is 49.2 Å². The molecule has 1 saturated heterocycles. The average molecular weight is 954 g/mol. The van der Waals surface area contributed by atoms with E-state index in [0.29, 0.717) is 50.3 Å². The average Bonchev–Trinajstić information content (AvgIpc) is 3.89. The summed E-state index contributed by atoms with van der Waals surface area (Å²) in [5, 5.41) is 5.81. The van der Waals surface area contributed by atoms with Crippen LogP contribution in [0.4, 0.5) is 18.0 Å². The first kappa shape index (κ1) is 48.3. The predicted molar refractivity (Wildman–Crippen MR) is 232 cm³/mol. The maximum Gasteiger partial charge on any atom is 0.437 e. The van der Waals surface area contributed by atoms with Gasteiger partial charge in [-0.1, -0.05) is 38.8 Å². The Morgan fingerprint density at radius 1 is 1.06 bits per heavy atom. The summed E-state index contributed by atoms with van der Waals surface area (Å²) in [5.74, 6) is -3.51. The van der Waals surface area contributed by atoms with Crippen molar-refractivity contribution in [2.75, 3.05) is 31.8 Å². The number of sulfonamides is 1. The summed E-state index contributed by atoms with van der Waals surface area (Å²) < 4.78 is 113. The number of hydrogen-bond donors (Lipinski definition) is 3. The van der Waals surface area contributed by atoms with Crippen LogP contribution in [0.15, 0.2) is 30.4 Å². The van der Waals surface area contributed by atoms with Gasteiger partial charge in [-0.3, -0.25) is 19.1 Å². The number of sulfone groups is 1. The number of carbonyl (C=O) groups excluding carboxylic acids is 4. The van der Waals surface area contributed by atoms with Gasteiger partial charge in [0.25, 0.3) is 5.91 Å². The molecule has 7 rings (SSSR count). The Kier molecular flexibility index (Phi) is 13.5. The van der Waals surface area contributed by atoms with Crippen LogP contribution in [0, 0.1) is 11.8 Å². The number of aromatic nitrogens is 1. The zero-order valence-electron chi connectivity index (χ0n) is 37.1. The maximum atomic E-state index is 15.0. The van der Waals surface area contributed by atoms with Gasteiger partial charge in [-0.05, 0) is 95.2 Å². The molecule has 3 aliphatic heterocycles. The second kappa shape index (κ2) is 18.2. The number of allylic oxidation sites excluding steroid dienone is 1. The van der Waals surface area contributed by atoms with Crippen LogP contribution in [-0.2, 0) is 51.6 Å². The van der Waals surface area contributed by atoms with Crippen molar-refractivity contribution in [3.8, 4) is 11.5 Å². The molecule has 5 aliphatic rings. The molecule has 5 unspecified atom stereocenters. The smallest absolute Gasteiger partial charge is 0.437 e. The highest BCUT2D eigenvalue weighted by Crippen LogP contribution is 2.50. The van der Waals surface area contributed by atoms with Gasteiger partial charge in [-0.2, -0.15) is 13.2 Å². The molecule has 1 spiro atoms. The number of halogens is 3. The Labute approximate surface area is 377 Å². The number of nitrogens with one attached hydrogen (secondary N) is 3. The van der Waals surface area contributed by atoms with E-state index in [0.717, 1.165) is 6.26 Å². The topological polar surface area (TPSA) is 216 Å². The Balaban J connectivity index is 1.25. The van der Waals surface area contributed by atoms with Gasteiger partial charge >= 0.3 is 12.3 Å². The number of rotatable bonds is 11. The Hall–Kier alpha value is -4.66. The van der Waals surface area contributed by atoms with E-state index in [4.69, 9.17) is 14.2 Å². The van der Waals surface area contributed by atoms with E-state index in [1.54, 1.807) is 6.08 Å². The third-order valence-electron chi connectivity index (χ3n) is 13.3. The van der Waals surface area contributed by atoms with Crippen LogP contribution in [-0.4, -0.2) is 110 Å². The number of carbonyl (C=O) groups is 4. The molecule has 2 aliphatic carbocycles. The molecule has 3 fully saturated rings. The molecule has 2 aromatic rings. The molecule has 1 aromatic heterocycles. The first-order chi connectivity index (χ1) is 30.4. The lowest BCUT2D eigenvalue weighted by atomic mass is 9.65. The van der Waals surface area contributed by atoms with Gasteiger partial charge in [0.05, 0.1) is 35.8 Å². The summed E-state index contributed by atoms with van der Waals surface area (Å²) in [4.78, 5) is 62.2. The number of fused-ring (bicyclic) bond motifs is 5. The minimum atomic E-state index is -5.00. The monoisotopic (exact) mass is 953 g/mol. The summed E-state index contributed by atoms with van der Waals surface area (Å²) in [6.07, 6.45) is 2.60. The fraction of sp³-hybridized carbons (Fsp3) is 0.659. The third-order valence-corrected chi connectivity index (χ3v) is 16.5. The van der Waals surface area contributed by atoms with Crippen molar-refractivity contribution in [2.24, 2.45) is 11.8 Å². The van der Waals surface area contributed by atoms with Gasteiger partial charge in [0.15, 0.2) is 11.4 Å². The Bertz CT molecular complexity index is 2460. The first-order valence-electron chi connectivity index (χ1n) is 22.3. The number of alkyl carbamates (subject to hydrolysis) is 1. The largest absolute Gasteiger partial charge is 0.494 e. The molecule has 0 radical (unpaired) electrons. The van der Waals surface area contributed by atoms with Crippen LogP contribution in [0.2, 0.25) is 0 Å². The Morgan fingerprint density at radius 2 is 1.82 bits per heavy atom. The number of benzene rings is 1. The van der Waals surface area contributed by atoms with Crippen molar-refractivity contribution in [2.45, 2.75) is 138 Å². The molecule has 65 heavy (non-hydrogen) atoms. The molecule has 4 heterocycles. The number of amides is 4. The van der Waals surface area contributed by atoms with E-state index in [-0.39, 0.29) is 86.8 Å². The second-order valence-electron chi connectivity index (χ2n) is 19.0. The maximum absolute atomic E-state index is 15.0. The number of alkyl halides is 3. The number of nitrogens with zero attached hydrogens (tertiary/aromatic N) is 2. The molecule has 1 aromatic carbocycles.